The number of hydrogen-bond acceptors (Lipinski definition) is 4. The molecule has 1 aromatic rings. The van der Waals surface area contributed by atoms with E-state index in [1.54, 1.807) is 11.5 Å². The van der Waals surface area contributed by atoms with Crippen molar-refractivity contribution < 1.29 is 9.59 Å². The maximum atomic E-state index is 11.3. The molecule has 0 atom stereocenters. The molecule has 0 spiro atoms. The van der Waals surface area contributed by atoms with Crippen LogP contribution in [-0.2, 0) is 11.3 Å². The highest BCUT2D eigenvalue weighted by molar-refractivity contribution is 6.42. The summed E-state index contributed by atoms with van der Waals surface area (Å²) in [6, 6.07) is 0. The number of anilines is 1. The SMILES string of the molecule is CCn1c(C)nc(N)c1C(=O)C(N)=O. The number of imidazole rings is 1. The van der Waals surface area contributed by atoms with Gasteiger partial charge in [0.1, 0.15) is 11.5 Å². The number of aromatic nitrogens is 2. The maximum Gasteiger partial charge on any atom is 0.291 e. The van der Waals surface area contributed by atoms with Crippen molar-refractivity contribution in [1.29, 1.82) is 0 Å². The molecule has 0 aromatic carbocycles. The topological polar surface area (TPSA) is 104 Å². The predicted octanol–water partition coefficient (Wildman–Crippen LogP) is -0.538. The second-order valence-corrected chi connectivity index (χ2v) is 2.83. The molecule has 4 N–H and O–H groups in total. The molecular weight excluding hydrogens is 184 g/mol. The van der Waals surface area contributed by atoms with Crippen molar-refractivity contribution in [2.75, 3.05) is 5.73 Å². The Labute approximate surface area is 80.9 Å². The summed E-state index contributed by atoms with van der Waals surface area (Å²) < 4.78 is 1.56. The van der Waals surface area contributed by atoms with Crippen molar-refractivity contribution >= 4 is 17.5 Å². The molecule has 6 nitrogen and oxygen atoms in total. The lowest BCUT2D eigenvalue weighted by molar-refractivity contribution is -0.114. The van der Waals surface area contributed by atoms with Gasteiger partial charge in [0.15, 0.2) is 5.82 Å². The van der Waals surface area contributed by atoms with Gasteiger partial charge < -0.3 is 16.0 Å². The molecule has 0 bridgehead atoms. The minimum atomic E-state index is -1.02. The number of carbonyl (C=O) groups is 2. The van der Waals surface area contributed by atoms with Crippen molar-refractivity contribution in [3.8, 4) is 0 Å². The van der Waals surface area contributed by atoms with Gasteiger partial charge in [-0.1, -0.05) is 0 Å². The molecule has 1 aromatic heterocycles. The summed E-state index contributed by atoms with van der Waals surface area (Å²) in [4.78, 5) is 25.9. The monoisotopic (exact) mass is 196 g/mol. The number of carbonyl (C=O) groups excluding carboxylic acids is 2. The average Bonchev–Trinajstić information content (AvgIpc) is 2.38. The number of primary amides is 1. The molecule has 1 rings (SSSR count). The fourth-order valence-corrected chi connectivity index (χ4v) is 1.33. The Morgan fingerprint density at radius 3 is 2.50 bits per heavy atom. The van der Waals surface area contributed by atoms with Gasteiger partial charge in [-0.05, 0) is 13.8 Å². The molecule has 1 amide bonds. The van der Waals surface area contributed by atoms with E-state index in [1.807, 2.05) is 6.92 Å². The Morgan fingerprint density at radius 2 is 2.07 bits per heavy atom. The Morgan fingerprint density at radius 1 is 1.50 bits per heavy atom. The van der Waals surface area contributed by atoms with Gasteiger partial charge in [0.2, 0.25) is 0 Å². The molecule has 76 valence electrons. The van der Waals surface area contributed by atoms with Crippen LogP contribution >= 0.6 is 0 Å². The number of rotatable bonds is 3. The molecule has 14 heavy (non-hydrogen) atoms. The van der Waals surface area contributed by atoms with Gasteiger partial charge in [0.25, 0.3) is 11.7 Å². The summed E-state index contributed by atoms with van der Waals surface area (Å²) in [5.74, 6) is -1.18. The number of amides is 1. The number of nitrogens with zero attached hydrogens (tertiary/aromatic N) is 2. The zero-order valence-corrected chi connectivity index (χ0v) is 8.07. The first kappa shape index (κ1) is 10.2. The Hall–Kier alpha value is -1.85. The highest BCUT2D eigenvalue weighted by Gasteiger charge is 2.22. The predicted molar refractivity (Wildman–Crippen MR) is 50.6 cm³/mol. The lowest BCUT2D eigenvalue weighted by atomic mass is 10.2. The lowest BCUT2D eigenvalue weighted by Gasteiger charge is -2.04. The summed E-state index contributed by atoms with van der Waals surface area (Å²) in [7, 11) is 0. The second-order valence-electron chi connectivity index (χ2n) is 2.83. The van der Waals surface area contributed by atoms with Crippen molar-refractivity contribution in [3.63, 3.8) is 0 Å². The number of nitrogen functional groups attached to an aromatic ring is 1. The Bertz CT molecular complexity index is 394. The van der Waals surface area contributed by atoms with Crippen LogP contribution in [0.2, 0.25) is 0 Å². The van der Waals surface area contributed by atoms with Crippen LogP contribution in [-0.4, -0.2) is 21.2 Å². The minimum absolute atomic E-state index is 0.0492. The van der Waals surface area contributed by atoms with Gasteiger partial charge in [-0.2, -0.15) is 0 Å². The van der Waals surface area contributed by atoms with Crippen LogP contribution in [0.5, 0.6) is 0 Å². The van der Waals surface area contributed by atoms with Crippen molar-refractivity contribution in [2.45, 2.75) is 20.4 Å². The Kier molecular flexibility index (Phi) is 2.55. The smallest absolute Gasteiger partial charge is 0.291 e. The third kappa shape index (κ3) is 1.46. The maximum absolute atomic E-state index is 11.3. The lowest BCUT2D eigenvalue weighted by Crippen LogP contribution is -2.26. The standard InChI is InChI=1S/C8H12N4O2/c1-3-12-4(2)11-7(9)5(12)6(13)8(10)14/h3,9H2,1-2H3,(H2,10,14). The van der Waals surface area contributed by atoms with Crippen LogP contribution < -0.4 is 11.5 Å². The number of Topliss-reactive ketones (excluding diaryl/α,β-unsaturated/α-hetero) is 1. The van der Waals surface area contributed by atoms with Crippen LogP contribution in [0, 0.1) is 6.92 Å². The number of ketones is 1. The van der Waals surface area contributed by atoms with E-state index in [0.29, 0.717) is 12.4 Å². The van der Waals surface area contributed by atoms with Crippen LogP contribution in [0.4, 0.5) is 5.82 Å². The third-order valence-corrected chi connectivity index (χ3v) is 1.94. The van der Waals surface area contributed by atoms with E-state index in [2.05, 4.69) is 4.98 Å². The zero-order chi connectivity index (χ0) is 10.9. The highest BCUT2D eigenvalue weighted by Crippen LogP contribution is 2.14. The fourth-order valence-electron chi connectivity index (χ4n) is 1.33. The molecule has 0 saturated heterocycles. The first-order chi connectivity index (χ1) is 6.49. The summed E-state index contributed by atoms with van der Waals surface area (Å²) >= 11 is 0. The van der Waals surface area contributed by atoms with Gasteiger partial charge in [-0.25, -0.2) is 4.98 Å². The highest BCUT2D eigenvalue weighted by atomic mass is 16.2. The first-order valence-electron chi connectivity index (χ1n) is 4.15. The average molecular weight is 196 g/mol. The van der Waals surface area contributed by atoms with Gasteiger partial charge in [-0.15, -0.1) is 0 Å². The van der Waals surface area contributed by atoms with Gasteiger partial charge >= 0.3 is 0 Å². The van der Waals surface area contributed by atoms with Crippen LogP contribution in [0.3, 0.4) is 0 Å². The number of nitrogens with two attached hydrogens (primary N) is 2. The van der Waals surface area contributed by atoms with E-state index in [1.165, 1.54) is 0 Å². The first-order valence-corrected chi connectivity index (χ1v) is 4.15. The molecule has 6 heteroatoms. The normalized spacial score (nSPS) is 10.1. The van der Waals surface area contributed by atoms with Gasteiger partial charge in [0, 0.05) is 6.54 Å². The third-order valence-electron chi connectivity index (χ3n) is 1.94. The van der Waals surface area contributed by atoms with E-state index in [-0.39, 0.29) is 11.5 Å². The van der Waals surface area contributed by atoms with E-state index in [4.69, 9.17) is 11.5 Å². The van der Waals surface area contributed by atoms with Gasteiger partial charge in [0.05, 0.1) is 0 Å². The summed E-state index contributed by atoms with van der Waals surface area (Å²) in [6.45, 7) is 4.05. The molecule has 0 unspecified atom stereocenters. The van der Waals surface area contributed by atoms with E-state index in [9.17, 15) is 9.59 Å². The number of aryl methyl sites for hydroxylation is 1. The largest absolute Gasteiger partial charge is 0.382 e. The van der Waals surface area contributed by atoms with Crippen molar-refractivity contribution in [1.82, 2.24) is 9.55 Å². The fraction of sp³-hybridized carbons (Fsp3) is 0.375. The molecule has 0 aliphatic carbocycles. The summed E-state index contributed by atoms with van der Waals surface area (Å²) in [5, 5.41) is 0. The molecule has 1 heterocycles. The molecular formula is C8H12N4O2. The Balaban J connectivity index is 3.32. The second kappa shape index (κ2) is 3.49. The zero-order valence-electron chi connectivity index (χ0n) is 8.07. The summed E-state index contributed by atoms with van der Waals surface area (Å²) in [5.41, 5.74) is 10.5. The van der Waals surface area contributed by atoms with Crippen LogP contribution in [0.1, 0.15) is 23.2 Å². The van der Waals surface area contributed by atoms with E-state index < -0.39 is 11.7 Å². The minimum Gasteiger partial charge on any atom is -0.382 e. The van der Waals surface area contributed by atoms with E-state index >= 15 is 0 Å². The van der Waals surface area contributed by atoms with Crippen LogP contribution in [0.25, 0.3) is 0 Å². The number of hydrogen-bond donors (Lipinski definition) is 2. The van der Waals surface area contributed by atoms with Gasteiger partial charge in [-0.3, -0.25) is 9.59 Å². The molecule has 0 radical (unpaired) electrons. The summed E-state index contributed by atoms with van der Waals surface area (Å²) in [6.07, 6.45) is 0. The van der Waals surface area contributed by atoms with Crippen molar-refractivity contribution in [3.05, 3.63) is 11.5 Å². The van der Waals surface area contributed by atoms with E-state index in [0.717, 1.165) is 0 Å². The van der Waals surface area contributed by atoms with Crippen LogP contribution in [0.15, 0.2) is 0 Å². The molecule has 0 aliphatic heterocycles. The van der Waals surface area contributed by atoms with Crippen molar-refractivity contribution in [2.24, 2.45) is 5.73 Å². The molecule has 0 fully saturated rings. The molecule has 0 aliphatic rings. The quantitative estimate of drug-likeness (QED) is 0.500. The molecule has 0 saturated carbocycles.